The Labute approximate surface area is 199 Å². The van der Waals surface area contributed by atoms with E-state index < -0.39 is 0 Å². The van der Waals surface area contributed by atoms with Crippen molar-refractivity contribution in [3.8, 4) is 0 Å². The number of carbonyl (C=O) groups is 1. The number of ether oxygens (including phenoxy) is 1. The van der Waals surface area contributed by atoms with Crippen LogP contribution in [0.5, 0.6) is 0 Å². The van der Waals surface area contributed by atoms with Crippen molar-refractivity contribution in [2.24, 2.45) is 0 Å². The number of carbonyl (C=O) groups excluding carboxylic acids is 1. The molecule has 8 heteroatoms. The number of halogens is 1. The van der Waals surface area contributed by atoms with E-state index in [1.54, 1.807) is 11.3 Å². The van der Waals surface area contributed by atoms with E-state index in [0.29, 0.717) is 17.0 Å². The van der Waals surface area contributed by atoms with E-state index in [2.05, 4.69) is 33.2 Å². The van der Waals surface area contributed by atoms with Gasteiger partial charge in [0.1, 0.15) is 0 Å². The third-order valence-electron chi connectivity index (χ3n) is 6.01. The molecule has 32 heavy (non-hydrogen) atoms. The summed E-state index contributed by atoms with van der Waals surface area (Å²) in [4.78, 5) is 33.4. The van der Waals surface area contributed by atoms with E-state index in [-0.39, 0.29) is 18.0 Å². The number of amides is 1. The molecule has 0 saturated carbocycles. The molecular weight excluding hydrogens is 490 g/mol. The van der Waals surface area contributed by atoms with Crippen LogP contribution in [0.15, 0.2) is 21.4 Å². The van der Waals surface area contributed by atoms with Crippen molar-refractivity contribution in [1.82, 2.24) is 15.3 Å². The summed E-state index contributed by atoms with van der Waals surface area (Å²) in [6.07, 6.45) is 3.70. The van der Waals surface area contributed by atoms with E-state index in [1.807, 2.05) is 26.0 Å². The summed E-state index contributed by atoms with van der Waals surface area (Å²) in [5.41, 5.74) is 4.62. The highest BCUT2D eigenvalue weighted by Gasteiger charge is 2.23. The number of nitrogens with one attached hydrogen (secondary N) is 2. The standard InChI is InChI=1S/C24H28BrN3O3S/c1-4-5-16-10-13(2)27-23(30)18(16)12-26-22(29)17-11-19(25)21-20(14(17)3)28-24(32-21)15-6-8-31-9-7-15/h10-11,15H,4-9,12H2,1-3H3,(H,26,29)(H,27,30). The lowest BCUT2D eigenvalue weighted by atomic mass is 10.0. The number of fused-ring (bicyclic) bond motifs is 1. The number of aryl methyl sites for hydroxylation is 3. The second-order valence-corrected chi connectivity index (χ2v) is 10.3. The van der Waals surface area contributed by atoms with Gasteiger partial charge in [-0.05, 0) is 72.3 Å². The Hall–Kier alpha value is -2.03. The highest BCUT2D eigenvalue weighted by Crippen LogP contribution is 2.38. The predicted molar refractivity (Wildman–Crippen MR) is 132 cm³/mol. The summed E-state index contributed by atoms with van der Waals surface area (Å²) in [6, 6.07) is 3.86. The Morgan fingerprint density at radius 2 is 2.06 bits per heavy atom. The third kappa shape index (κ3) is 4.67. The minimum atomic E-state index is -0.201. The molecule has 0 aliphatic carbocycles. The largest absolute Gasteiger partial charge is 0.381 e. The normalized spacial score (nSPS) is 14.8. The van der Waals surface area contributed by atoms with Crippen molar-refractivity contribution in [3.63, 3.8) is 0 Å². The molecular formula is C24H28BrN3O3S. The maximum Gasteiger partial charge on any atom is 0.253 e. The maximum absolute atomic E-state index is 13.1. The molecule has 3 heterocycles. The monoisotopic (exact) mass is 517 g/mol. The molecule has 170 valence electrons. The number of hydrogen-bond acceptors (Lipinski definition) is 5. The van der Waals surface area contributed by atoms with Crippen LogP contribution < -0.4 is 10.9 Å². The first kappa shape index (κ1) is 23.1. The van der Waals surface area contributed by atoms with Gasteiger partial charge in [0, 0.05) is 47.0 Å². The first-order chi connectivity index (χ1) is 15.4. The van der Waals surface area contributed by atoms with E-state index in [4.69, 9.17) is 9.72 Å². The fourth-order valence-electron chi connectivity index (χ4n) is 4.27. The van der Waals surface area contributed by atoms with Gasteiger partial charge in [-0.3, -0.25) is 9.59 Å². The summed E-state index contributed by atoms with van der Waals surface area (Å²) in [6.45, 7) is 7.64. The summed E-state index contributed by atoms with van der Waals surface area (Å²) in [7, 11) is 0. The lowest BCUT2D eigenvalue weighted by molar-refractivity contribution is 0.0853. The molecule has 2 aromatic heterocycles. The number of thiazole rings is 1. The van der Waals surface area contributed by atoms with Crippen molar-refractivity contribution >= 4 is 43.4 Å². The summed E-state index contributed by atoms with van der Waals surface area (Å²) < 4.78 is 7.43. The molecule has 6 nitrogen and oxygen atoms in total. The van der Waals surface area contributed by atoms with E-state index >= 15 is 0 Å². The Balaban J connectivity index is 1.60. The van der Waals surface area contributed by atoms with Gasteiger partial charge in [-0.1, -0.05) is 13.3 Å². The number of rotatable bonds is 6. The van der Waals surface area contributed by atoms with Crippen molar-refractivity contribution in [1.29, 1.82) is 0 Å². The molecule has 0 bridgehead atoms. The van der Waals surface area contributed by atoms with E-state index in [1.165, 1.54) is 0 Å². The summed E-state index contributed by atoms with van der Waals surface area (Å²) in [5, 5.41) is 4.07. The zero-order valence-corrected chi connectivity index (χ0v) is 21.0. The van der Waals surface area contributed by atoms with Gasteiger partial charge in [0.2, 0.25) is 0 Å². The quantitative estimate of drug-likeness (QED) is 0.474. The molecule has 0 unspecified atom stereocenters. The molecule has 4 rings (SSSR count). The van der Waals surface area contributed by atoms with Crippen LogP contribution in [0.4, 0.5) is 0 Å². The van der Waals surface area contributed by atoms with Crippen molar-refractivity contribution < 1.29 is 9.53 Å². The van der Waals surface area contributed by atoms with Crippen molar-refractivity contribution in [2.75, 3.05) is 13.2 Å². The number of pyridine rings is 1. The van der Waals surface area contributed by atoms with Crippen molar-refractivity contribution in [3.05, 3.63) is 59.9 Å². The van der Waals surface area contributed by atoms with Gasteiger partial charge < -0.3 is 15.0 Å². The predicted octanol–water partition coefficient (Wildman–Crippen LogP) is 5.14. The highest BCUT2D eigenvalue weighted by molar-refractivity contribution is 9.10. The van der Waals surface area contributed by atoms with Gasteiger partial charge in [-0.15, -0.1) is 11.3 Å². The number of nitrogens with zero attached hydrogens (tertiary/aromatic N) is 1. The van der Waals surface area contributed by atoms with Crippen LogP contribution in [-0.4, -0.2) is 29.1 Å². The number of benzene rings is 1. The molecule has 2 N–H and O–H groups in total. The first-order valence-corrected chi connectivity index (χ1v) is 12.7. The van der Waals surface area contributed by atoms with Crippen LogP contribution in [0, 0.1) is 13.8 Å². The zero-order chi connectivity index (χ0) is 22.8. The van der Waals surface area contributed by atoms with Gasteiger partial charge in [0.25, 0.3) is 11.5 Å². The zero-order valence-electron chi connectivity index (χ0n) is 18.6. The van der Waals surface area contributed by atoms with Crippen LogP contribution in [0.2, 0.25) is 0 Å². The van der Waals surface area contributed by atoms with Gasteiger partial charge >= 0.3 is 0 Å². The van der Waals surface area contributed by atoms with Crippen LogP contribution >= 0.6 is 27.3 Å². The maximum atomic E-state index is 13.1. The van der Waals surface area contributed by atoms with Crippen LogP contribution in [-0.2, 0) is 17.7 Å². The Kier molecular flexibility index (Phi) is 7.12. The third-order valence-corrected chi connectivity index (χ3v) is 8.15. The first-order valence-electron chi connectivity index (χ1n) is 11.1. The lowest BCUT2D eigenvalue weighted by Crippen LogP contribution is -2.29. The molecule has 1 saturated heterocycles. The van der Waals surface area contributed by atoms with Crippen LogP contribution in [0.1, 0.15) is 69.9 Å². The summed E-state index contributed by atoms with van der Waals surface area (Å²) >= 11 is 5.34. The minimum absolute atomic E-state index is 0.136. The van der Waals surface area contributed by atoms with Crippen molar-refractivity contribution in [2.45, 2.75) is 58.9 Å². The average molecular weight is 518 g/mol. The smallest absolute Gasteiger partial charge is 0.253 e. The highest BCUT2D eigenvalue weighted by atomic mass is 79.9. The van der Waals surface area contributed by atoms with Crippen LogP contribution in [0.25, 0.3) is 10.2 Å². The number of H-pyrrole nitrogens is 1. The Bertz CT molecular complexity index is 1210. The van der Waals surface area contributed by atoms with Crippen LogP contribution in [0.3, 0.4) is 0 Å². The van der Waals surface area contributed by atoms with Gasteiger partial charge in [0.05, 0.1) is 15.2 Å². The number of aromatic amines is 1. The molecule has 0 radical (unpaired) electrons. The molecule has 3 aromatic rings. The molecule has 1 aromatic carbocycles. The fraction of sp³-hybridized carbons (Fsp3) is 0.458. The lowest BCUT2D eigenvalue weighted by Gasteiger charge is -2.19. The Morgan fingerprint density at radius 3 is 2.78 bits per heavy atom. The van der Waals surface area contributed by atoms with Gasteiger partial charge in [-0.2, -0.15) is 0 Å². The topological polar surface area (TPSA) is 84.1 Å². The van der Waals surface area contributed by atoms with Gasteiger partial charge in [-0.25, -0.2) is 4.98 Å². The minimum Gasteiger partial charge on any atom is -0.381 e. The van der Waals surface area contributed by atoms with E-state index in [0.717, 1.165) is 75.4 Å². The second-order valence-electron chi connectivity index (χ2n) is 8.37. The molecule has 1 fully saturated rings. The average Bonchev–Trinajstić information content (AvgIpc) is 3.23. The second kappa shape index (κ2) is 9.85. The summed E-state index contributed by atoms with van der Waals surface area (Å²) in [5.74, 6) is 0.211. The molecule has 1 aliphatic rings. The fourth-order valence-corrected chi connectivity index (χ4v) is 6.13. The number of aromatic nitrogens is 2. The molecule has 1 amide bonds. The SMILES string of the molecule is CCCc1cc(C)[nH]c(=O)c1CNC(=O)c1cc(Br)c2sc(C3CCOCC3)nc2c1C. The van der Waals surface area contributed by atoms with Gasteiger partial charge in [0.15, 0.2) is 0 Å². The molecule has 1 aliphatic heterocycles. The van der Waals surface area contributed by atoms with E-state index in [9.17, 15) is 9.59 Å². The molecule has 0 spiro atoms. The number of hydrogen-bond donors (Lipinski definition) is 2. The molecule has 0 atom stereocenters. The Morgan fingerprint density at radius 1 is 1.31 bits per heavy atom.